The second-order valence-corrected chi connectivity index (χ2v) is 1.30. The molecule has 7 heteroatoms. The van der Waals surface area contributed by atoms with Gasteiger partial charge < -0.3 is 47.3 Å². The molecule has 5 nitrogen and oxygen atoms in total. The molecule has 92 valence electrons. The Balaban J connectivity index is -0.0000000152. The molecule has 0 saturated heterocycles. The Bertz CT molecular complexity index is 171. The minimum Gasteiger partial charge on any atom is -0.481 e. The normalized spacial score (nSPS) is 4.75. The molecule has 0 aromatic heterocycles. The molecule has 0 aliphatic rings. The molecule has 0 unspecified atom stereocenters. The number of hydrogen-bond donors (Lipinski definition) is 2. The van der Waals surface area contributed by atoms with Crippen molar-refractivity contribution in [1.82, 2.24) is 0 Å². The van der Waals surface area contributed by atoms with Crippen molar-refractivity contribution in [3.8, 4) is 0 Å². The molecule has 0 heterocycles. The Hall–Kier alpha value is -0.143. The van der Waals surface area contributed by atoms with Crippen molar-refractivity contribution in [3.63, 3.8) is 0 Å². The second kappa shape index (κ2) is 29.4. The summed E-state index contributed by atoms with van der Waals surface area (Å²) in [6.45, 7) is 0. The number of Topliss-reactive ketones (excluding diaryl/α,β-unsaturated/α-hetero) is 1. The molecule has 0 bridgehead atoms. The molecule has 0 aliphatic carbocycles. The summed E-state index contributed by atoms with van der Waals surface area (Å²) in [7, 11) is 0. The van der Waals surface area contributed by atoms with Crippen LogP contribution >= 0.6 is 0 Å². The van der Waals surface area contributed by atoms with E-state index in [1.807, 2.05) is 0 Å². The van der Waals surface area contributed by atoms with Crippen molar-refractivity contribution in [2.45, 2.75) is 6.42 Å². The first-order valence-electron chi connectivity index (χ1n) is 2.02. The first-order chi connectivity index (χ1) is 4.04. The van der Waals surface area contributed by atoms with E-state index in [-0.39, 0.29) is 76.1 Å². The van der Waals surface area contributed by atoms with E-state index in [1.54, 1.807) is 0 Å². The molecule has 0 rings (SSSR count). The van der Waals surface area contributed by atoms with E-state index in [0.717, 1.165) is 0 Å². The Labute approximate surface area is 125 Å². The van der Waals surface area contributed by atoms with Gasteiger partial charge in [0.15, 0.2) is 0 Å². The average Bonchev–Trinajstić information content (AvgIpc) is 1.63. The number of carboxylic acids is 2. The van der Waals surface area contributed by atoms with Gasteiger partial charge in [-0.2, -0.15) is 0 Å². The van der Waals surface area contributed by atoms with Crippen LogP contribution in [0.4, 0.5) is 0 Å². The van der Waals surface area contributed by atoms with Gasteiger partial charge in [-0.25, -0.2) is 4.79 Å². The third kappa shape index (κ3) is 37.1. The van der Waals surface area contributed by atoms with Crippen LogP contribution in [-0.2, 0) is 53.3 Å². The number of carboxylic acid groups (broad SMARTS) is 2. The summed E-state index contributed by atoms with van der Waals surface area (Å²) in [5.74, 6) is -4.44. The minimum absolute atomic E-state index is 0. The predicted molar refractivity (Wildman–Crippen MR) is 57.0 cm³/mol. The molecule has 0 aromatic carbocycles. The van der Waals surface area contributed by atoms with Crippen LogP contribution in [0.2, 0.25) is 0 Å². The van der Waals surface area contributed by atoms with Gasteiger partial charge in [-0.1, -0.05) is 0 Å². The van der Waals surface area contributed by atoms with E-state index >= 15 is 0 Å². The van der Waals surface area contributed by atoms with Crippen LogP contribution in [0, 0.1) is 37.1 Å². The van der Waals surface area contributed by atoms with Crippen molar-refractivity contribution in [2.75, 3.05) is 0 Å². The molecule has 0 fully saturated rings. The molecule has 0 radical (unpaired) electrons. The van der Waals surface area contributed by atoms with Gasteiger partial charge in [-0.05, 0) is 0 Å². The second-order valence-electron chi connectivity index (χ2n) is 1.30. The summed E-state index contributed by atoms with van der Waals surface area (Å²) in [6.07, 6.45) is -0.949. The van der Waals surface area contributed by atoms with Crippen molar-refractivity contribution >= 4 is 17.7 Å². The van der Waals surface area contributed by atoms with E-state index in [0.29, 0.717) is 0 Å². The number of carbonyl (C=O) groups excluding carboxylic acids is 1. The van der Waals surface area contributed by atoms with Crippen molar-refractivity contribution in [3.05, 3.63) is 37.1 Å². The zero-order valence-electron chi connectivity index (χ0n) is 10.7. The smallest absolute Gasteiger partial charge is 0.481 e. The summed E-state index contributed by atoms with van der Waals surface area (Å²) >= 11 is 0. The predicted octanol–water partition coefficient (Wildman–Crippen LogP) is 1.36. The fourth-order valence-electron chi connectivity index (χ4n) is 0.213. The SMILES string of the molecule is O=C(O)CC(=O)C(=O)O.[CH3-].[CH3-].[CH3-].[CH3-].[CH3-].[Zn+2].[Zn]. The molecule has 16 heavy (non-hydrogen) atoms. The van der Waals surface area contributed by atoms with Gasteiger partial charge >= 0.3 is 31.4 Å². The van der Waals surface area contributed by atoms with E-state index in [2.05, 4.69) is 0 Å². The first-order valence-corrected chi connectivity index (χ1v) is 2.02. The van der Waals surface area contributed by atoms with Gasteiger partial charge in [0.1, 0.15) is 6.42 Å². The summed E-state index contributed by atoms with van der Waals surface area (Å²) in [5, 5.41) is 15.7. The number of carbonyl (C=O) groups is 3. The van der Waals surface area contributed by atoms with Gasteiger partial charge in [-0.3, -0.25) is 9.59 Å². The molecule has 2 N–H and O–H groups in total. The fraction of sp³-hybridized carbons (Fsp3) is 0.111. The van der Waals surface area contributed by atoms with Crippen LogP contribution in [0.25, 0.3) is 0 Å². The van der Waals surface area contributed by atoms with Gasteiger partial charge in [0, 0.05) is 19.5 Å². The van der Waals surface area contributed by atoms with Crippen LogP contribution in [0.1, 0.15) is 6.42 Å². The van der Waals surface area contributed by atoms with E-state index in [4.69, 9.17) is 10.2 Å². The van der Waals surface area contributed by atoms with Crippen LogP contribution in [0.5, 0.6) is 0 Å². The quantitative estimate of drug-likeness (QED) is 0.351. The molecule has 0 amide bonds. The molecular formula is C9H19O5Zn2-3. The Morgan fingerprint density at radius 2 is 1.06 bits per heavy atom. The maximum Gasteiger partial charge on any atom is 2.00 e. The van der Waals surface area contributed by atoms with E-state index in [1.165, 1.54) is 0 Å². The van der Waals surface area contributed by atoms with Gasteiger partial charge in [0.25, 0.3) is 5.78 Å². The molecule has 0 aliphatic heterocycles. The number of ketones is 1. The van der Waals surface area contributed by atoms with Crippen LogP contribution in [0.3, 0.4) is 0 Å². The largest absolute Gasteiger partial charge is 2.00 e. The van der Waals surface area contributed by atoms with E-state index < -0.39 is 24.1 Å². The first kappa shape index (κ1) is 56.7. The summed E-state index contributed by atoms with van der Waals surface area (Å²) in [6, 6.07) is 0. The third-order valence-electron chi connectivity index (χ3n) is 0.550. The maximum atomic E-state index is 9.97. The molecule has 0 aromatic rings. The molecule has 0 spiro atoms. The van der Waals surface area contributed by atoms with Crippen LogP contribution < -0.4 is 0 Å². The average molecular weight is 338 g/mol. The van der Waals surface area contributed by atoms with E-state index in [9.17, 15) is 14.4 Å². The van der Waals surface area contributed by atoms with Crippen molar-refractivity contribution in [1.29, 1.82) is 0 Å². The van der Waals surface area contributed by atoms with Gasteiger partial charge in [-0.15, -0.1) is 0 Å². The zero-order chi connectivity index (χ0) is 7.44. The fourth-order valence-corrected chi connectivity index (χ4v) is 0.213. The zero-order valence-corrected chi connectivity index (χ0v) is 16.7. The number of rotatable bonds is 3. The summed E-state index contributed by atoms with van der Waals surface area (Å²) in [5.41, 5.74) is 0. The van der Waals surface area contributed by atoms with Gasteiger partial charge in [0.2, 0.25) is 0 Å². The topological polar surface area (TPSA) is 91.7 Å². The maximum absolute atomic E-state index is 9.97. The molecular weight excluding hydrogens is 319 g/mol. The number of hydrogen-bond acceptors (Lipinski definition) is 3. The standard InChI is InChI=1S/C4H4O5.5CH3.2Zn/c5-2(4(8)9)1-3(6)7;;;;;;;/h1H2,(H,6,7)(H,8,9);5*1H3;;/q;5*-1;;+2. The minimum atomic E-state index is -1.71. The van der Waals surface area contributed by atoms with Crippen LogP contribution in [-0.4, -0.2) is 27.9 Å². The van der Waals surface area contributed by atoms with Crippen molar-refractivity contribution in [2.24, 2.45) is 0 Å². The van der Waals surface area contributed by atoms with Crippen LogP contribution in [0.15, 0.2) is 0 Å². The Kier molecular flexibility index (Phi) is 104. The Morgan fingerprint density at radius 1 is 0.812 bits per heavy atom. The van der Waals surface area contributed by atoms with Gasteiger partial charge in [0.05, 0.1) is 0 Å². The monoisotopic (exact) mass is 335 g/mol. The van der Waals surface area contributed by atoms with Crippen molar-refractivity contribution < 1.29 is 63.6 Å². The Morgan fingerprint density at radius 3 is 1.12 bits per heavy atom. The number of aliphatic carboxylic acids is 2. The summed E-state index contributed by atoms with van der Waals surface area (Å²) in [4.78, 5) is 29.2. The third-order valence-corrected chi connectivity index (χ3v) is 0.550. The summed E-state index contributed by atoms with van der Waals surface area (Å²) < 4.78 is 0. The molecule has 0 saturated carbocycles. The molecule has 0 atom stereocenters.